The zero-order chi connectivity index (χ0) is 14.5. The number of hydrogen-bond acceptors (Lipinski definition) is 4. The third-order valence-electron chi connectivity index (χ3n) is 5.41. The number of carboxylic acid groups (broad SMARTS) is 1. The summed E-state index contributed by atoms with van der Waals surface area (Å²) in [5, 5.41) is 9.52. The van der Waals surface area contributed by atoms with Crippen LogP contribution in [0.5, 0.6) is 0 Å². The Morgan fingerprint density at radius 2 is 2.15 bits per heavy atom. The molecule has 0 radical (unpaired) electrons. The standard InChI is InChI=1S/C14H22N2O4/c1-14(7-20-6-10(14)15)13(19)16-5-8-3-2-4-9(8)11(16)12(17)18/h8-11H,2-7,15H2,1H3,(H,17,18). The van der Waals surface area contributed by atoms with E-state index in [-0.39, 0.29) is 24.5 Å². The van der Waals surface area contributed by atoms with Gasteiger partial charge in [-0.05, 0) is 31.6 Å². The lowest BCUT2D eigenvalue weighted by molar-refractivity contribution is -0.154. The van der Waals surface area contributed by atoms with Gasteiger partial charge in [-0.25, -0.2) is 4.79 Å². The van der Waals surface area contributed by atoms with Crippen LogP contribution in [-0.2, 0) is 14.3 Å². The lowest BCUT2D eigenvalue weighted by Gasteiger charge is -2.33. The van der Waals surface area contributed by atoms with Crippen molar-refractivity contribution in [2.45, 2.75) is 38.3 Å². The van der Waals surface area contributed by atoms with Crippen molar-refractivity contribution in [3.8, 4) is 0 Å². The number of nitrogens with two attached hydrogens (primary N) is 1. The van der Waals surface area contributed by atoms with E-state index in [0.717, 1.165) is 19.3 Å². The molecule has 20 heavy (non-hydrogen) atoms. The van der Waals surface area contributed by atoms with Crippen molar-refractivity contribution in [3.63, 3.8) is 0 Å². The molecule has 5 unspecified atom stereocenters. The smallest absolute Gasteiger partial charge is 0.326 e. The minimum absolute atomic E-state index is 0.110. The molecular formula is C14H22N2O4. The van der Waals surface area contributed by atoms with Crippen molar-refractivity contribution < 1.29 is 19.4 Å². The van der Waals surface area contributed by atoms with Crippen molar-refractivity contribution >= 4 is 11.9 Å². The highest BCUT2D eigenvalue weighted by molar-refractivity contribution is 5.89. The fourth-order valence-electron chi connectivity index (χ4n) is 4.07. The highest BCUT2D eigenvalue weighted by Crippen LogP contribution is 2.44. The van der Waals surface area contributed by atoms with Gasteiger partial charge < -0.3 is 20.5 Å². The molecule has 2 saturated heterocycles. The monoisotopic (exact) mass is 282 g/mol. The second-order valence-electron chi connectivity index (χ2n) is 6.63. The molecular weight excluding hydrogens is 260 g/mol. The second-order valence-corrected chi connectivity index (χ2v) is 6.63. The maximum absolute atomic E-state index is 12.8. The first-order valence-corrected chi connectivity index (χ1v) is 7.32. The first-order valence-electron chi connectivity index (χ1n) is 7.32. The van der Waals surface area contributed by atoms with Crippen molar-refractivity contribution in [2.24, 2.45) is 23.0 Å². The average Bonchev–Trinajstić information content (AvgIpc) is 3.03. The molecule has 0 spiro atoms. The molecule has 0 aromatic heterocycles. The Labute approximate surface area is 118 Å². The predicted octanol–water partition coefficient (Wildman–Crippen LogP) is 0.0619. The minimum Gasteiger partial charge on any atom is -0.480 e. The average molecular weight is 282 g/mol. The van der Waals surface area contributed by atoms with Crippen molar-refractivity contribution in [1.29, 1.82) is 0 Å². The molecule has 112 valence electrons. The highest BCUT2D eigenvalue weighted by atomic mass is 16.5. The molecule has 6 heteroatoms. The zero-order valence-electron chi connectivity index (χ0n) is 11.7. The van der Waals surface area contributed by atoms with E-state index in [1.165, 1.54) is 0 Å². The predicted molar refractivity (Wildman–Crippen MR) is 70.9 cm³/mol. The van der Waals surface area contributed by atoms with Crippen LogP contribution in [0.1, 0.15) is 26.2 Å². The number of carboxylic acids is 1. The lowest BCUT2D eigenvalue weighted by atomic mass is 9.83. The number of aliphatic carboxylic acids is 1. The largest absolute Gasteiger partial charge is 0.480 e. The van der Waals surface area contributed by atoms with E-state index >= 15 is 0 Å². The van der Waals surface area contributed by atoms with Crippen molar-refractivity contribution in [1.82, 2.24) is 4.90 Å². The first kappa shape index (κ1) is 13.8. The van der Waals surface area contributed by atoms with Gasteiger partial charge in [-0.3, -0.25) is 4.79 Å². The Kier molecular flexibility index (Phi) is 3.25. The number of amides is 1. The molecule has 1 saturated carbocycles. The minimum atomic E-state index is -0.885. The van der Waals surface area contributed by atoms with Crippen molar-refractivity contribution in [3.05, 3.63) is 0 Å². The second kappa shape index (κ2) is 4.70. The molecule has 0 aromatic rings. The quantitative estimate of drug-likeness (QED) is 0.747. The number of nitrogens with zero attached hydrogens (tertiary/aromatic N) is 1. The number of likely N-dealkylation sites (tertiary alicyclic amines) is 1. The normalized spacial score (nSPS) is 43.8. The summed E-state index contributed by atoms with van der Waals surface area (Å²) in [6, 6.07) is -1.04. The molecule has 2 aliphatic heterocycles. The summed E-state index contributed by atoms with van der Waals surface area (Å²) in [4.78, 5) is 26.0. The fourth-order valence-corrected chi connectivity index (χ4v) is 4.07. The summed E-state index contributed by atoms with van der Waals surface area (Å²) < 4.78 is 5.32. The van der Waals surface area contributed by atoms with Gasteiger partial charge in [-0.1, -0.05) is 6.42 Å². The summed E-state index contributed by atoms with van der Waals surface area (Å²) in [6.07, 6.45) is 3.00. The Morgan fingerprint density at radius 3 is 2.75 bits per heavy atom. The lowest BCUT2D eigenvalue weighted by Crippen LogP contribution is -2.55. The van der Waals surface area contributed by atoms with Crippen LogP contribution < -0.4 is 5.73 Å². The van der Waals surface area contributed by atoms with Gasteiger partial charge in [0.2, 0.25) is 5.91 Å². The van der Waals surface area contributed by atoms with Crippen LogP contribution in [0, 0.1) is 17.3 Å². The Balaban J connectivity index is 1.85. The number of ether oxygens (including phenoxy) is 1. The Hall–Kier alpha value is -1.14. The van der Waals surface area contributed by atoms with Gasteiger partial charge >= 0.3 is 5.97 Å². The fraction of sp³-hybridized carbons (Fsp3) is 0.857. The Bertz CT molecular complexity index is 441. The molecule has 3 fully saturated rings. The molecule has 6 nitrogen and oxygen atoms in total. The third kappa shape index (κ3) is 1.85. The number of fused-ring (bicyclic) bond motifs is 1. The molecule has 0 aromatic carbocycles. The number of hydrogen-bond donors (Lipinski definition) is 2. The van der Waals surface area contributed by atoms with Crippen LogP contribution in [-0.4, -0.2) is 53.7 Å². The highest BCUT2D eigenvalue weighted by Gasteiger charge is 2.55. The molecule has 1 aliphatic carbocycles. The number of carbonyl (C=O) groups is 2. The van der Waals surface area contributed by atoms with Crippen LogP contribution in [0.2, 0.25) is 0 Å². The molecule has 0 bridgehead atoms. The molecule has 3 aliphatic rings. The first-order chi connectivity index (χ1) is 9.45. The number of carbonyl (C=O) groups excluding carboxylic acids is 1. The maximum Gasteiger partial charge on any atom is 0.326 e. The van der Waals surface area contributed by atoms with Crippen LogP contribution in [0.25, 0.3) is 0 Å². The van der Waals surface area contributed by atoms with E-state index < -0.39 is 17.4 Å². The molecule has 5 atom stereocenters. The third-order valence-corrected chi connectivity index (χ3v) is 5.41. The van der Waals surface area contributed by atoms with Gasteiger partial charge in [0.25, 0.3) is 0 Å². The van der Waals surface area contributed by atoms with E-state index in [0.29, 0.717) is 19.1 Å². The number of rotatable bonds is 2. The summed E-state index contributed by atoms with van der Waals surface area (Å²) in [5.41, 5.74) is 5.21. The van der Waals surface area contributed by atoms with E-state index in [2.05, 4.69) is 0 Å². The molecule has 3 rings (SSSR count). The van der Waals surface area contributed by atoms with Gasteiger partial charge in [0.1, 0.15) is 6.04 Å². The van der Waals surface area contributed by atoms with E-state index in [1.54, 1.807) is 11.8 Å². The van der Waals surface area contributed by atoms with Crippen LogP contribution in [0.3, 0.4) is 0 Å². The van der Waals surface area contributed by atoms with Gasteiger partial charge in [0.15, 0.2) is 0 Å². The molecule has 1 amide bonds. The van der Waals surface area contributed by atoms with E-state index in [4.69, 9.17) is 10.5 Å². The zero-order valence-corrected chi connectivity index (χ0v) is 11.7. The summed E-state index contributed by atoms with van der Waals surface area (Å²) in [5.74, 6) is -0.589. The van der Waals surface area contributed by atoms with Crippen LogP contribution in [0.4, 0.5) is 0 Å². The van der Waals surface area contributed by atoms with Gasteiger partial charge in [0.05, 0.1) is 18.6 Å². The van der Waals surface area contributed by atoms with Gasteiger partial charge in [-0.15, -0.1) is 0 Å². The summed E-state index contributed by atoms with van der Waals surface area (Å²) in [6.45, 7) is 2.99. The van der Waals surface area contributed by atoms with Crippen LogP contribution >= 0.6 is 0 Å². The SMILES string of the molecule is CC1(C(=O)N2CC3CCCC3C2C(=O)O)COCC1N. The topological polar surface area (TPSA) is 92.9 Å². The van der Waals surface area contributed by atoms with E-state index in [1.807, 2.05) is 0 Å². The van der Waals surface area contributed by atoms with E-state index in [9.17, 15) is 14.7 Å². The molecule has 2 heterocycles. The molecule has 3 N–H and O–H groups in total. The summed E-state index contributed by atoms with van der Waals surface area (Å²) in [7, 11) is 0. The summed E-state index contributed by atoms with van der Waals surface area (Å²) >= 11 is 0. The maximum atomic E-state index is 12.8. The van der Waals surface area contributed by atoms with Crippen LogP contribution in [0.15, 0.2) is 0 Å². The van der Waals surface area contributed by atoms with Gasteiger partial charge in [-0.2, -0.15) is 0 Å². The van der Waals surface area contributed by atoms with Crippen molar-refractivity contribution in [2.75, 3.05) is 19.8 Å². The van der Waals surface area contributed by atoms with Gasteiger partial charge in [0, 0.05) is 12.6 Å². The Morgan fingerprint density at radius 1 is 1.40 bits per heavy atom.